The van der Waals surface area contributed by atoms with Gasteiger partial charge in [0.2, 0.25) is 0 Å². The molecule has 0 aliphatic carbocycles. The second-order valence-corrected chi connectivity index (χ2v) is 7.57. The summed E-state index contributed by atoms with van der Waals surface area (Å²) in [5.74, 6) is 1.69. The average Bonchev–Trinajstić information content (AvgIpc) is 3.04. The van der Waals surface area contributed by atoms with E-state index in [1.54, 1.807) is 4.90 Å². The van der Waals surface area contributed by atoms with Gasteiger partial charge in [0.05, 0.1) is 5.69 Å². The molecule has 1 aliphatic heterocycles. The Morgan fingerprint density at radius 2 is 2.15 bits per heavy atom. The number of pyridine rings is 1. The highest BCUT2D eigenvalue weighted by Crippen LogP contribution is 2.20. The van der Waals surface area contributed by atoms with Gasteiger partial charge in [0.1, 0.15) is 11.5 Å². The number of amides is 1. The van der Waals surface area contributed by atoms with E-state index in [1.807, 2.05) is 25.5 Å². The van der Waals surface area contributed by atoms with E-state index in [2.05, 4.69) is 46.4 Å². The number of carbonyl (C=O) groups is 1. The van der Waals surface area contributed by atoms with Crippen LogP contribution in [0.1, 0.15) is 40.9 Å². The van der Waals surface area contributed by atoms with Crippen molar-refractivity contribution in [1.82, 2.24) is 24.3 Å². The third kappa shape index (κ3) is 4.30. The molecular formula is C20H29N5O. The summed E-state index contributed by atoms with van der Waals surface area (Å²) in [5, 5.41) is 0. The molecule has 0 bridgehead atoms. The first kappa shape index (κ1) is 18.6. The number of hydrogen-bond acceptors (Lipinski definition) is 4. The summed E-state index contributed by atoms with van der Waals surface area (Å²) in [4.78, 5) is 25.7. The highest BCUT2D eigenvalue weighted by atomic mass is 16.2. The van der Waals surface area contributed by atoms with Crippen molar-refractivity contribution in [1.29, 1.82) is 0 Å². The quantitative estimate of drug-likeness (QED) is 0.798. The molecule has 0 N–H and O–H groups in total. The molecular weight excluding hydrogens is 326 g/mol. The molecule has 0 saturated heterocycles. The summed E-state index contributed by atoms with van der Waals surface area (Å²) in [6, 6.07) is 4.03. The van der Waals surface area contributed by atoms with Crippen LogP contribution in [0.2, 0.25) is 0 Å². The van der Waals surface area contributed by atoms with Crippen LogP contribution in [0.5, 0.6) is 0 Å². The smallest absolute Gasteiger partial charge is 0.273 e. The SMILES string of the molecule is Cc1cccnc1CN(C)CCN(C)C(=O)c1cn2c(n1)CC(C)CC2. The van der Waals surface area contributed by atoms with Crippen LogP contribution in [0, 0.1) is 12.8 Å². The molecule has 1 amide bonds. The van der Waals surface area contributed by atoms with Gasteiger partial charge in [0.15, 0.2) is 0 Å². The van der Waals surface area contributed by atoms with Gasteiger partial charge in [0.25, 0.3) is 5.91 Å². The predicted octanol–water partition coefficient (Wildman–Crippen LogP) is 2.37. The number of imidazole rings is 1. The van der Waals surface area contributed by atoms with Crippen LogP contribution in [-0.2, 0) is 19.5 Å². The second kappa shape index (κ2) is 7.99. The Labute approximate surface area is 155 Å². The Hall–Kier alpha value is -2.21. The van der Waals surface area contributed by atoms with Crippen LogP contribution in [-0.4, -0.2) is 57.4 Å². The highest BCUT2D eigenvalue weighted by Gasteiger charge is 2.22. The zero-order valence-corrected chi connectivity index (χ0v) is 16.3. The highest BCUT2D eigenvalue weighted by molar-refractivity contribution is 5.92. The van der Waals surface area contributed by atoms with Gasteiger partial charge in [-0.3, -0.25) is 14.7 Å². The normalized spacial score (nSPS) is 16.6. The van der Waals surface area contributed by atoms with E-state index in [0.717, 1.165) is 44.0 Å². The molecule has 3 heterocycles. The van der Waals surface area contributed by atoms with Crippen molar-refractivity contribution < 1.29 is 4.79 Å². The molecule has 0 spiro atoms. The molecule has 140 valence electrons. The van der Waals surface area contributed by atoms with Crippen LogP contribution < -0.4 is 0 Å². The maximum Gasteiger partial charge on any atom is 0.273 e. The molecule has 0 aromatic carbocycles. The summed E-state index contributed by atoms with van der Waals surface area (Å²) in [5.41, 5.74) is 2.85. The van der Waals surface area contributed by atoms with E-state index in [9.17, 15) is 4.79 Å². The largest absolute Gasteiger partial charge is 0.339 e. The molecule has 26 heavy (non-hydrogen) atoms. The molecule has 3 rings (SSSR count). The van der Waals surface area contributed by atoms with Crippen molar-refractivity contribution in [3.8, 4) is 0 Å². The minimum absolute atomic E-state index is 0.00182. The Morgan fingerprint density at radius 1 is 1.35 bits per heavy atom. The number of likely N-dealkylation sites (N-methyl/N-ethyl adjacent to an activating group) is 2. The van der Waals surface area contributed by atoms with Crippen LogP contribution in [0.15, 0.2) is 24.5 Å². The zero-order valence-electron chi connectivity index (χ0n) is 16.3. The third-order valence-electron chi connectivity index (χ3n) is 5.17. The van der Waals surface area contributed by atoms with E-state index in [4.69, 9.17) is 0 Å². The van der Waals surface area contributed by atoms with Crippen molar-refractivity contribution in [2.24, 2.45) is 5.92 Å². The first-order valence-corrected chi connectivity index (χ1v) is 9.34. The van der Waals surface area contributed by atoms with E-state index < -0.39 is 0 Å². The minimum atomic E-state index is 0.00182. The fourth-order valence-electron chi connectivity index (χ4n) is 3.32. The van der Waals surface area contributed by atoms with Crippen molar-refractivity contribution in [2.75, 3.05) is 27.2 Å². The standard InChI is InChI=1S/C20H29N5O/c1-15-7-9-25-14-18(22-19(25)12-15)20(26)24(4)11-10-23(3)13-17-16(2)6-5-8-21-17/h5-6,8,14-15H,7,9-13H2,1-4H3. The van der Waals surface area contributed by atoms with Gasteiger partial charge in [-0.05, 0) is 37.9 Å². The number of rotatable bonds is 6. The maximum atomic E-state index is 12.7. The lowest BCUT2D eigenvalue weighted by Gasteiger charge is -2.22. The third-order valence-corrected chi connectivity index (χ3v) is 5.17. The summed E-state index contributed by atoms with van der Waals surface area (Å²) in [7, 11) is 3.91. The van der Waals surface area contributed by atoms with E-state index in [-0.39, 0.29) is 5.91 Å². The van der Waals surface area contributed by atoms with E-state index in [1.165, 1.54) is 5.56 Å². The van der Waals surface area contributed by atoms with E-state index >= 15 is 0 Å². The number of carbonyl (C=O) groups excluding carboxylic acids is 1. The predicted molar refractivity (Wildman–Crippen MR) is 102 cm³/mol. The number of aromatic nitrogens is 3. The lowest BCUT2D eigenvalue weighted by Crippen LogP contribution is -2.35. The number of hydrogen-bond donors (Lipinski definition) is 0. The van der Waals surface area contributed by atoms with Crippen molar-refractivity contribution in [2.45, 2.75) is 39.8 Å². The van der Waals surface area contributed by atoms with Gasteiger partial charge >= 0.3 is 0 Å². The number of aryl methyl sites for hydroxylation is 2. The lowest BCUT2D eigenvalue weighted by molar-refractivity contribution is 0.0776. The molecule has 0 saturated carbocycles. The first-order chi connectivity index (χ1) is 12.4. The van der Waals surface area contributed by atoms with Gasteiger partial charge in [-0.25, -0.2) is 4.98 Å². The number of nitrogens with zero attached hydrogens (tertiary/aromatic N) is 5. The molecule has 0 fully saturated rings. The van der Waals surface area contributed by atoms with Gasteiger partial charge < -0.3 is 9.47 Å². The van der Waals surface area contributed by atoms with Crippen LogP contribution in [0.3, 0.4) is 0 Å². The Balaban J connectivity index is 1.54. The molecule has 1 aliphatic rings. The van der Waals surface area contributed by atoms with Crippen LogP contribution in [0.4, 0.5) is 0 Å². The fourth-order valence-corrected chi connectivity index (χ4v) is 3.32. The first-order valence-electron chi connectivity index (χ1n) is 9.34. The summed E-state index contributed by atoms with van der Waals surface area (Å²) in [6.07, 6.45) is 5.86. The molecule has 6 heteroatoms. The Kier molecular flexibility index (Phi) is 5.71. The van der Waals surface area contributed by atoms with Crippen molar-refractivity contribution in [3.63, 3.8) is 0 Å². The van der Waals surface area contributed by atoms with Crippen molar-refractivity contribution in [3.05, 3.63) is 47.3 Å². The average molecular weight is 355 g/mol. The summed E-state index contributed by atoms with van der Waals surface area (Å²) < 4.78 is 2.14. The van der Waals surface area contributed by atoms with Crippen LogP contribution in [0.25, 0.3) is 0 Å². The number of fused-ring (bicyclic) bond motifs is 1. The summed E-state index contributed by atoms with van der Waals surface area (Å²) in [6.45, 7) is 7.53. The van der Waals surface area contributed by atoms with Gasteiger partial charge in [-0.2, -0.15) is 0 Å². The minimum Gasteiger partial charge on any atom is -0.339 e. The molecule has 6 nitrogen and oxygen atoms in total. The van der Waals surface area contributed by atoms with Gasteiger partial charge in [-0.1, -0.05) is 13.0 Å². The molecule has 2 aromatic rings. The molecule has 2 aromatic heterocycles. The second-order valence-electron chi connectivity index (χ2n) is 7.57. The topological polar surface area (TPSA) is 54.3 Å². The lowest BCUT2D eigenvalue weighted by atomic mass is 10.0. The van der Waals surface area contributed by atoms with Gasteiger partial charge in [-0.15, -0.1) is 0 Å². The maximum absolute atomic E-state index is 12.7. The monoisotopic (exact) mass is 355 g/mol. The van der Waals surface area contributed by atoms with E-state index in [0.29, 0.717) is 18.2 Å². The summed E-state index contributed by atoms with van der Waals surface area (Å²) >= 11 is 0. The Morgan fingerprint density at radius 3 is 2.92 bits per heavy atom. The molecule has 1 atom stereocenters. The fraction of sp³-hybridized carbons (Fsp3) is 0.550. The molecule has 0 radical (unpaired) electrons. The van der Waals surface area contributed by atoms with Gasteiger partial charge in [0, 0.05) is 52.0 Å². The van der Waals surface area contributed by atoms with Crippen molar-refractivity contribution >= 4 is 5.91 Å². The molecule has 1 unspecified atom stereocenters. The zero-order chi connectivity index (χ0) is 18.7. The Bertz CT molecular complexity index is 769. The van der Waals surface area contributed by atoms with Crippen LogP contribution >= 0.6 is 0 Å².